The van der Waals surface area contributed by atoms with E-state index in [4.69, 9.17) is 9.47 Å². The van der Waals surface area contributed by atoms with Crippen LogP contribution >= 0.6 is 0 Å². The second-order valence-corrected chi connectivity index (χ2v) is 7.80. The van der Waals surface area contributed by atoms with Crippen LogP contribution in [0.2, 0.25) is 0 Å². The molecule has 2 atom stereocenters. The van der Waals surface area contributed by atoms with Crippen molar-refractivity contribution in [2.45, 2.75) is 25.4 Å². The van der Waals surface area contributed by atoms with E-state index in [2.05, 4.69) is 21.3 Å². The van der Waals surface area contributed by atoms with Crippen molar-refractivity contribution >= 4 is 29.4 Å². The van der Waals surface area contributed by atoms with Gasteiger partial charge in [0.15, 0.2) is 11.5 Å². The number of carbonyl (C=O) groups is 4. The molecule has 0 bridgehead atoms. The lowest BCUT2D eigenvalue weighted by Crippen LogP contribution is -2.47. The number of carbonyl (C=O) groups excluding carboxylic acids is 4. The number of benzene rings is 2. The van der Waals surface area contributed by atoms with Gasteiger partial charge in [0.05, 0.1) is 26.2 Å². The summed E-state index contributed by atoms with van der Waals surface area (Å²) >= 11 is 0. The van der Waals surface area contributed by atoms with E-state index in [1.165, 1.54) is 14.2 Å². The molecule has 2 heterocycles. The number of hydrogen-bond acceptors (Lipinski definition) is 6. The lowest BCUT2D eigenvalue weighted by Gasteiger charge is -2.30. The van der Waals surface area contributed by atoms with Gasteiger partial charge >= 0.3 is 6.03 Å². The van der Waals surface area contributed by atoms with E-state index in [-0.39, 0.29) is 18.2 Å². The molecule has 4 rings (SSSR count). The minimum atomic E-state index is -0.709. The van der Waals surface area contributed by atoms with Crippen LogP contribution in [0.3, 0.4) is 0 Å². The molecule has 172 valence electrons. The lowest BCUT2D eigenvalue weighted by atomic mass is 9.85. The number of urea groups is 1. The largest absolute Gasteiger partial charge is 0.493 e. The number of fused-ring (bicyclic) bond motifs is 1. The minimum absolute atomic E-state index is 0.159. The summed E-state index contributed by atoms with van der Waals surface area (Å²) in [4.78, 5) is 49.0. The molecular formula is C23H24N4O6. The van der Waals surface area contributed by atoms with E-state index in [1.807, 2.05) is 0 Å². The molecular weight excluding hydrogens is 428 g/mol. The van der Waals surface area contributed by atoms with Crippen molar-refractivity contribution in [2.75, 3.05) is 19.5 Å². The van der Waals surface area contributed by atoms with Crippen LogP contribution < -0.4 is 30.7 Å². The summed E-state index contributed by atoms with van der Waals surface area (Å²) in [5, 5.41) is 10.7. The van der Waals surface area contributed by atoms with Gasteiger partial charge in [0.25, 0.3) is 5.91 Å². The first-order valence-electron chi connectivity index (χ1n) is 10.4. The third kappa shape index (κ3) is 4.59. The van der Waals surface area contributed by atoms with Gasteiger partial charge in [-0.15, -0.1) is 0 Å². The highest BCUT2D eigenvalue weighted by Crippen LogP contribution is 2.32. The molecule has 0 aromatic heterocycles. The fraction of sp³-hybridized carbons (Fsp3) is 0.304. The summed E-state index contributed by atoms with van der Waals surface area (Å²) in [6.07, 6.45) is 0.469. The van der Waals surface area contributed by atoms with E-state index in [9.17, 15) is 19.2 Å². The molecule has 0 saturated carbocycles. The van der Waals surface area contributed by atoms with Gasteiger partial charge in [-0.05, 0) is 35.7 Å². The topological polar surface area (TPSA) is 135 Å². The molecule has 2 aliphatic heterocycles. The summed E-state index contributed by atoms with van der Waals surface area (Å²) in [6, 6.07) is 8.90. The van der Waals surface area contributed by atoms with Gasteiger partial charge < -0.3 is 25.4 Å². The maximum atomic E-state index is 12.9. The zero-order valence-corrected chi connectivity index (χ0v) is 18.2. The Labute approximate surface area is 190 Å². The highest BCUT2D eigenvalue weighted by molar-refractivity contribution is 6.00. The number of rotatable bonds is 6. The average Bonchev–Trinajstić information content (AvgIpc) is 3.17. The molecule has 0 radical (unpaired) electrons. The molecule has 5 amide bonds. The summed E-state index contributed by atoms with van der Waals surface area (Å²) in [6.45, 7) is 0.377. The molecule has 10 heteroatoms. The van der Waals surface area contributed by atoms with Gasteiger partial charge in [-0.3, -0.25) is 19.7 Å². The first-order chi connectivity index (χ1) is 15.9. The van der Waals surface area contributed by atoms with E-state index in [0.29, 0.717) is 41.3 Å². The molecule has 1 fully saturated rings. The van der Waals surface area contributed by atoms with E-state index in [0.717, 1.165) is 5.56 Å². The van der Waals surface area contributed by atoms with E-state index in [1.54, 1.807) is 36.4 Å². The predicted octanol–water partition coefficient (Wildman–Crippen LogP) is 1.86. The van der Waals surface area contributed by atoms with Gasteiger partial charge in [0.1, 0.15) is 0 Å². The number of piperidine rings is 1. The third-order valence-electron chi connectivity index (χ3n) is 5.78. The third-order valence-corrected chi connectivity index (χ3v) is 5.78. The van der Waals surface area contributed by atoms with Crippen LogP contribution in [0.15, 0.2) is 36.4 Å². The Bertz CT molecular complexity index is 1130. The van der Waals surface area contributed by atoms with E-state index < -0.39 is 23.9 Å². The number of anilines is 1. The first-order valence-corrected chi connectivity index (χ1v) is 10.4. The minimum Gasteiger partial charge on any atom is -0.493 e. The Hall–Kier alpha value is -4.08. The van der Waals surface area contributed by atoms with Gasteiger partial charge in [-0.1, -0.05) is 12.1 Å². The van der Waals surface area contributed by atoms with Crippen molar-refractivity contribution in [3.05, 3.63) is 53.1 Å². The SMILES string of the molecule is COc1ccc(NC(=O)NC(c2ccc3c(c2)CNC3=O)C2CCC(=O)NC2=O)cc1OC. The highest BCUT2D eigenvalue weighted by atomic mass is 16.5. The van der Waals surface area contributed by atoms with Gasteiger partial charge in [-0.2, -0.15) is 0 Å². The molecule has 0 spiro atoms. The second-order valence-electron chi connectivity index (χ2n) is 7.80. The normalized spacial score (nSPS) is 18.0. The van der Waals surface area contributed by atoms with E-state index >= 15 is 0 Å². The second kappa shape index (κ2) is 9.19. The van der Waals surface area contributed by atoms with Crippen molar-refractivity contribution in [1.29, 1.82) is 0 Å². The Kier molecular flexibility index (Phi) is 6.16. The lowest BCUT2D eigenvalue weighted by molar-refractivity contribution is -0.137. The molecule has 4 N–H and O–H groups in total. The smallest absolute Gasteiger partial charge is 0.319 e. The van der Waals surface area contributed by atoms with Crippen LogP contribution in [0, 0.1) is 5.92 Å². The van der Waals surface area contributed by atoms with Crippen molar-refractivity contribution in [2.24, 2.45) is 5.92 Å². The van der Waals surface area contributed by atoms with Gasteiger partial charge in [0.2, 0.25) is 11.8 Å². The maximum Gasteiger partial charge on any atom is 0.319 e. The average molecular weight is 452 g/mol. The van der Waals surface area contributed by atoms with Crippen LogP contribution in [0.5, 0.6) is 11.5 Å². The van der Waals surface area contributed by atoms with Crippen molar-refractivity contribution in [3.8, 4) is 11.5 Å². The molecule has 10 nitrogen and oxygen atoms in total. The molecule has 1 saturated heterocycles. The quantitative estimate of drug-likeness (QED) is 0.494. The summed E-state index contributed by atoms with van der Waals surface area (Å²) in [5.74, 6) is -0.625. The Morgan fingerprint density at radius 1 is 1.06 bits per heavy atom. The number of hydrogen-bond donors (Lipinski definition) is 4. The molecule has 2 aromatic rings. The fourth-order valence-electron chi connectivity index (χ4n) is 4.11. The Morgan fingerprint density at radius 3 is 2.58 bits per heavy atom. The van der Waals surface area contributed by atoms with Crippen molar-refractivity contribution in [3.63, 3.8) is 0 Å². The monoisotopic (exact) mass is 452 g/mol. The molecule has 0 aliphatic carbocycles. The number of ether oxygens (including phenoxy) is 2. The molecule has 2 unspecified atom stereocenters. The molecule has 2 aliphatic rings. The van der Waals surface area contributed by atoms with Crippen molar-refractivity contribution < 1.29 is 28.7 Å². The summed E-state index contributed by atoms with van der Waals surface area (Å²) < 4.78 is 10.5. The number of nitrogens with one attached hydrogen (secondary N) is 4. The van der Waals surface area contributed by atoms with Crippen LogP contribution in [-0.4, -0.2) is 38.0 Å². The number of methoxy groups -OCH3 is 2. The zero-order valence-electron chi connectivity index (χ0n) is 18.2. The number of imide groups is 1. The van der Waals surface area contributed by atoms with Crippen LogP contribution in [-0.2, 0) is 16.1 Å². The standard InChI is InChI=1S/C23H24N4O6/c1-32-17-7-4-14(10-18(17)33-2)25-23(31)27-20(16-6-8-19(28)26-22(16)30)12-3-5-15-13(9-12)11-24-21(15)29/h3-5,7,9-10,16,20H,6,8,11H2,1-2H3,(H,24,29)(H2,25,27,31)(H,26,28,30). The van der Waals surface area contributed by atoms with Crippen LogP contribution in [0.25, 0.3) is 0 Å². The van der Waals surface area contributed by atoms with Crippen LogP contribution in [0.4, 0.5) is 10.5 Å². The Morgan fingerprint density at radius 2 is 1.85 bits per heavy atom. The fourth-order valence-corrected chi connectivity index (χ4v) is 4.11. The Balaban J connectivity index is 1.59. The van der Waals surface area contributed by atoms with Gasteiger partial charge in [-0.25, -0.2) is 4.79 Å². The maximum absolute atomic E-state index is 12.9. The highest BCUT2D eigenvalue weighted by Gasteiger charge is 2.36. The van der Waals surface area contributed by atoms with Crippen LogP contribution in [0.1, 0.15) is 40.4 Å². The first kappa shape index (κ1) is 22.1. The molecule has 33 heavy (non-hydrogen) atoms. The van der Waals surface area contributed by atoms with Crippen molar-refractivity contribution in [1.82, 2.24) is 16.0 Å². The predicted molar refractivity (Wildman–Crippen MR) is 118 cm³/mol. The number of amides is 5. The summed E-state index contributed by atoms with van der Waals surface area (Å²) in [5.41, 5.74) is 2.49. The zero-order chi connectivity index (χ0) is 23.5. The summed E-state index contributed by atoms with van der Waals surface area (Å²) in [7, 11) is 3.01. The van der Waals surface area contributed by atoms with Gasteiger partial charge in [0, 0.05) is 30.3 Å². The molecule has 2 aromatic carbocycles.